The van der Waals surface area contributed by atoms with Crippen molar-refractivity contribution in [2.45, 2.75) is 48.5 Å². The maximum Gasteiger partial charge on any atom is 0.0245 e. The van der Waals surface area contributed by atoms with E-state index >= 15 is 0 Å². The highest BCUT2D eigenvalue weighted by molar-refractivity contribution is 5.50. The number of rotatable bonds is 1. The fraction of sp³-hybridized carbons (Fsp3) is 0.280. The van der Waals surface area contributed by atoms with E-state index in [-0.39, 0.29) is 0 Å². The number of aryl methyl sites for hydroxylation is 1. The van der Waals surface area contributed by atoms with Gasteiger partial charge in [-0.3, -0.25) is 0 Å². The molecular formula is C25H36. The molecule has 0 amide bonds. The van der Waals surface area contributed by atoms with Gasteiger partial charge in [0.2, 0.25) is 0 Å². The van der Waals surface area contributed by atoms with E-state index in [1.807, 2.05) is 90.1 Å². The zero-order chi connectivity index (χ0) is 19.9. The smallest absolute Gasteiger partial charge is 0.0245 e. The van der Waals surface area contributed by atoms with Crippen molar-refractivity contribution in [2.75, 3.05) is 0 Å². The lowest BCUT2D eigenvalue weighted by Gasteiger charge is -1.95. The molecule has 0 saturated carbocycles. The predicted molar refractivity (Wildman–Crippen MR) is 119 cm³/mol. The number of benzene rings is 2. The second-order valence-electron chi connectivity index (χ2n) is 4.21. The van der Waals surface area contributed by atoms with Crippen LogP contribution >= 0.6 is 0 Å². The summed E-state index contributed by atoms with van der Waals surface area (Å²) in [6.07, 6.45) is 3.62. The van der Waals surface area contributed by atoms with Gasteiger partial charge < -0.3 is 0 Å². The summed E-state index contributed by atoms with van der Waals surface area (Å²) in [5, 5.41) is 0. The zero-order valence-electron chi connectivity index (χ0n) is 17.3. The maximum atomic E-state index is 3.69. The van der Waals surface area contributed by atoms with E-state index in [1.54, 1.807) is 6.08 Å². The summed E-state index contributed by atoms with van der Waals surface area (Å²) in [6, 6.07) is 18.1. The largest absolute Gasteiger partial charge is 0.103 e. The Balaban J connectivity index is -0.000000287. The van der Waals surface area contributed by atoms with Crippen LogP contribution in [0.5, 0.6) is 0 Å². The van der Waals surface area contributed by atoms with Crippen LogP contribution in [0, 0.1) is 18.8 Å². The van der Waals surface area contributed by atoms with E-state index in [9.17, 15) is 0 Å². The molecule has 0 N–H and O–H groups in total. The van der Waals surface area contributed by atoms with Crippen molar-refractivity contribution in [1.29, 1.82) is 0 Å². The van der Waals surface area contributed by atoms with Gasteiger partial charge in [-0.2, -0.15) is 0 Å². The fourth-order valence-corrected chi connectivity index (χ4v) is 1.48. The van der Waals surface area contributed by atoms with E-state index in [1.165, 1.54) is 11.1 Å². The fourth-order valence-electron chi connectivity index (χ4n) is 1.48. The molecule has 0 saturated heterocycles. The molecular weight excluding hydrogens is 300 g/mol. The summed E-state index contributed by atoms with van der Waals surface area (Å²) in [4.78, 5) is 0. The first-order valence-electron chi connectivity index (χ1n) is 8.92. The molecule has 0 aromatic heterocycles. The number of allylic oxidation sites excluding steroid dienone is 1. The summed E-state index contributed by atoms with van der Waals surface area (Å²) in [5.74, 6) is 5.79. The molecule has 0 nitrogen and oxygen atoms in total. The van der Waals surface area contributed by atoms with Gasteiger partial charge in [0.05, 0.1) is 0 Å². The van der Waals surface area contributed by atoms with Crippen molar-refractivity contribution < 1.29 is 0 Å². The van der Waals surface area contributed by atoms with Crippen LogP contribution in [0.1, 0.15) is 58.2 Å². The Hall–Kier alpha value is -2.52. The monoisotopic (exact) mass is 336 g/mol. The minimum absolute atomic E-state index is 1.08. The Morgan fingerprint density at radius 1 is 0.800 bits per heavy atom. The minimum Gasteiger partial charge on any atom is -0.103 e. The highest BCUT2D eigenvalue weighted by Crippen LogP contribution is 2.06. The average molecular weight is 337 g/mol. The van der Waals surface area contributed by atoms with E-state index in [0.29, 0.717) is 0 Å². The lowest BCUT2D eigenvalue weighted by molar-refractivity contribution is 1.45. The molecule has 0 fully saturated rings. The van der Waals surface area contributed by atoms with Gasteiger partial charge in [0.15, 0.2) is 0 Å². The lowest BCUT2D eigenvalue weighted by atomic mass is 10.1. The van der Waals surface area contributed by atoms with Crippen molar-refractivity contribution in [3.63, 3.8) is 0 Å². The van der Waals surface area contributed by atoms with E-state index in [2.05, 4.69) is 44.1 Å². The molecule has 0 aliphatic rings. The Kier molecular flexibility index (Phi) is 26.0. The molecule has 0 atom stereocenters. The molecule has 0 heterocycles. The first-order chi connectivity index (χ1) is 12.2. The second-order valence-corrected chi connectivity index (χ2v) is 4.21. The molecule has 0 heteroatoms. The zero-order valence-corrected chi connectivity index (χ0v) is 17.3. The molecule has 136 valence electrons. The van der Waals surface area contributed by atoms with E-state index < -0.39 is 0 Å². The van der Waals surface area contributed by atoms with Gasteiger partial charge in [0, 0.05) is 5.56 Å². The molecule has 0 radical (unpaired) electrons. The van der Waals surface area contributed by atoms with Gasteiger partial charge in [-0.1, -0.05) is 94.8 Å². The minimum atomic E-state index is 1.08. The highest BCUT2D eigenvalue weighted by atomic mass is 13.9. The van der Waals surface area contributed by atoms with Crippen LogP contribution in [-0.4, -0.2) is 0 Å². The number of hydrogen-bond acceptors (Lipinski definition) is 0. The van der Waals surface area contributed by atoms with Gasteiger partial charge in [-0.15, -0.1) is 12.5 Å². The molecule has 0 spiro atoms. The van der Waals surface area contributed by atoms with Gasteiger partial charge >= 0.3 is 0 Å². The summed E-state index contributed by atoms with van der Waals surface area (Å²) < 4.78 is 0. The molecule has 2 rings (SSSR count). The van der Waals surface area contributed by atoms with Crippen molar-refractivity contribution >= 4 is 6.08 Å². The van der Waals surface area contributed by atoms with E-state index in [0.717, 1.165) is 5.56 Å². The third kappa shape index (κ3) is 17.7. The third-order valence-corrected chi connectivity index (χ3v) is 2.45. The van der Waals surface area contributed by atoms with Crippen LogP contribution in [0.4, 0.5) is 0 Å². The third-order valence-electron chi connectivity index (χ3n) is 2.45. The summed E-state index contributed by atoms with van der Waals surface area (Å²) in [6.45, 7) is 20.9. The lowest BCUT2D eigenvalue weighted by Crippen LogP contribution is -1.75. The molecule has 0 bridgehead atoms. The highest BCUT2D eigenvalue weighted by Gasteiger charge is 1.86. The molecule has 0 aliphatic carbocycles. The molecule has 25 heavy (non-hydrogen) atoms. The molecule has 0 unspecified atom stereocenters. The molecule has 2 aromatic rings. The van der Waals surface area contributed by atoms with Crippen LogP contribution in [0.25, 0.3) is 6.08 Å². The maximum absolute atomic E-state index is 3.69. The van der Waals surface area contributed by atoms with Crippen LogP contribution in [-0.2, 0) is 0 Å². The quantitative estimate of drug-likeness (QED) is 0.366. The summed E-state index contributed by atoms with van der Waals surface area (Å²) in [5.41, 5.74) is 3.59. The van der Waals surface area contributed by atoms with Crippen LogP contribution in [0.15, 0.2) is 73.8 Å². The Morgan fingerprint density at radius 2 is 1.24 bits per heavy atom. The Bertz CT molecular complexity index is 580. The molecule has 2 aromatic carbocycles. The van der Waals surface area contributed by atoms with Gasteiger partial charge in [0.1, 0.15) is 0 Å². The van der Waals surface area contributed by atoms with Crippen molar-refractivity contribution in [1.82, 2.24) is 0 Å². The molecule has 0 aliphatic heterocycles. The summed E-state index contributed by atoms with van der Waals surface area (Å²) in [7, 11) is 0. The predicted octanol–water partition coefficient (Wildman–Crippen LogP) is 7.94. The first-order valence-corrected chi connectivity index (χ1v) is 8.92. The van der Waals surface area contributed by atoms with Crippen molar-refractivity contribution in [3.05, 3.63) is 90.5 Å². The average Bonchev–Trinajstić information content (AvgIpc) is 2.68. The normalized spacial score (nSPS) is 7.00. The standard InChI is InChI=1S/C9H10.C9H8.C3H6.2C2H6/c1-3-9-7-5-4-6-8(9)2;1-2-6-9-7-4-3-5-8-9;1-3-2;2*1-2/h3-7H,1H2,2H3;3-5,7-8H,1H3;3H,1H2,2H3;2*1-2H3. The van der Waals surface area contributed by atoms with Crippen molar-refractivity contribution in [2.24, 2.45) is 0 Å². The van der Waals surface area contributed by atoms with Crippen molar-refractivity contribution in [3.8, 4) is 11.8 Å². The van der Waals surface area contributed by atoms with Gasteiger partial charge in [-0.25, -0.2) is 0 Å². The first kappa shape index (κ1) is 27.3. The van der Waals surface area contributed by atoms with Gasteiger partial charge in [-0.05, 0) is 44.0 Å². The van der Waals surface area contributed by atoms with Crippen LogP contribution in [0.3, 0.4) is 0 Å². The van der Waals surface area contributed by atoms with Crippen LogP contribution < -0.4 is 0 Å². The van der Waals surface area contributed by atoms with Crippen LogP contribution in [0.2, 0.25) is 0 Å². The Morgan fingerprint density at radius 3 is 1.60 bits per heavy atom. The summed E-state index contributed by atoms with van der Waals surface area (Å²) >= 11 is 0. The topological polar surface area (TPSA) is 0 Å². The number of hydrogen-bond donors (Lipinski definition) is 0. The Labute approximate surface area is 157 Å². The SMILES string of the molecule is C=CC.C=Cc1ccccc1C.CC.CC.CC#Cc1ccccc1. The van der Waals surface area contributed by atoms with Gasteiger partial charge in [0.25, 0.3) is 0 Å². The van der Waals surface area contributed by atoms with E-state index in [4.69, 9.17) is 0 Å². The second kappa shape index (κ2) is 23.7.